The number of hydrogen-bond acceptors (Lipinski definition) is 4. The summed E-state index contributed by atoms with van der Waals surface area (Å²) < 4.78 is 5.55. The highest BCUT2D eigenvalue weighted by atomic mass is 31.2. The average Bonchev–Trinajstić information content (AvgIpc) is 2.37. The highest BCUT2D eigenvalue weighted by Gasteiger charge is 2.33. The lowest BCUT2D eigenvalue weighted by Crippen LogP contribution is -2.35. The molecule has 0 saturated heterocycles. The zero-order valence-electron chi connectivity index (χ0n) is 18.1. The molecule has 0 amide bonds. The third kappa shape index (κ3) is 8.28. The van der Waals surface area contributed by atoms with Crippen LogP contribution < -0.4 is 10.2 Å². The van der Waals surface area contributed by atoms with Crippen molar-refractivity contribution in [3.8, 4) is 0 Å². The zero-order chi connectivity index (χ0) is 19.1. The van der Waals surface area contributed by atoms with E-state index in [9.17, 15) is 0 Å². The Morgan fingerprint density at radius 2 is 1.42 bits per heavy atom. The van der Waals surface area contributed by atoms with E-state index in [1.54, 1.807) is 0 Å². The first-order valence-electron chi connectivity index (χ1n) is 9.40. The first kappa shape index (κ1) is 24.5. The summed E-state index contributed by atoms with van der Waals surface area (Å²) >= 11 is 0. The Kier molecular flexibility index (Phi) is 10.9. The van der Waals surface area contributed by atoms with Gasteiger partial charge in [-0.1, -0.05) is 41.5 Å². The van der Waals surface area contributed by atoms with E-state index in [1.807, 2.05) is 0 Å². The van der Waals surface area contributed by atoms with Crippen molar-refractivity contribution >= 4 is 15.4 Å². The molecule has 0 bridgehead atoms. The van der Waals surface area contributed by atoms with Crippen LogP contribution in [0.25, 0.3) is 0 Å². The summed E-state index contributed by atoms with van der Waals surface area (Å²) in [5.41, 5.74) is 1.97. The Morgan fingerprint density at radius 1 is 0.958 bits per heavy atom. The van der Waals surface area contributed by atoms with E-state index in [2.05, 4.69) is 91.5 Å². The molecule has 146 valence electrons. The second-order valence-corrected chi connectivity index (χ2v) is 15.5. The number of hydrogen-bond donors (Lipinski definition) is 2. The van der Waals surface area contributed by atoms with Gasteiger partial charge in [0.05, 0.1) is 0 Å². The molecule has 0 saturated carbocycles. The predicted octanol–water partition coefficient (Wildman–Crippen LogP) is 5.57. The molecule has 0 aromatic heterocycles. The van der Waals surface area contributed by atoms with Gasteiger partial charge in [0.25, 0.3) is 0 Å². The van der Waals surface area contributed by atoms with Crippen LogP contribution in [0.1, 0.15) is 68.7 Å². The van der Waals surface area contributed by atoms with Crippen LogP contribution in [0.3, 0.4) is 0 Å². The molecule has 0 spiro atoms. The number of nitrogens with zero attached hydrogens (tertiary/aromatic N) is 2. The van der Waals surface area contributed by atoms with Gasteiger partial charge in [-0.2, -0.15) is 0 Å². The minimum atomic E-state index is -1.40. The van der Waals surface area contributed by atoms with Gasteiger partial charge in [-0.25, -0.2) is 4.52 Å². The van der Waals surface area contributed by atoms with Crippen LogP contribution in [-0.2, 0) is 0 Å². The van der Waals surface area contributed by atoms with Crippen molar-refractivity contribution in [2.75, 3.05) is 27.2 Å². The molecular formula is C18H44N4P2. The third-order valence-corrected chi connectivity index (χ3v) is 12.5. The molecule has 0 aliphatic carbocycles. The van der Waals surface area contributed by atoms with Crippen molar-refractivity contribution in [1.29, 1.82) is 0 Å². The summed E-state index contributed by atoms with van der Waals surface area (Å²) in [6, 6.07) is 0. The van der Waals surface area contributed by atoms with Crippen LogP contribution in [0.15, 0.2) is 4.52 Å². The molecule has 0 fully saturated rings. The van der Waals surface area contributed by atoms with E-state index in [-0.39, 0.29) is 5.54 Å². The van der Waals surface area contributed by atoms with Crippen molar-refractivity contribution in [1.82, 2.24) is 15.1 Å². The van der Waals surface area contributed by atoms with Gasteiger partial charge in [-0.15, -0.1) is 0 Å². The maximum Gasteiger partial charge on any atom is 0.162 e. The fraction of sp³-hybridized carbons (Fsp3) is 1.00. The topological polar surface area (TPSA) is 39.7 Å². The maximum absolute atomic E-state index is 5.55. The van der Waals surface area contributed by atoms with E-state index in [1.165, 1.54) is 0 Å². The Balaban J connectivity index is 5.49. The van der Waals surface area contributed by atoms with Gasteiger partial charge in [-0.3, -0.25) is 10.2 Å². The molecule has 2 N–H and O–H groups in total. The summed E-state index contributed by atoms with van der Waals surface area (Å²) in [6.45, 7) is 23.1. The van der Waals surface area contributed by atoms with E-state index in [0.717, 1.165) is 19.5 Å². The molecule has 0 aliphatic heterocycles. The van der Waals surface area contributed by atoms with Crippen LogP contribution in [0.4, 0.5) is 0 Å². The average molecular weight is 379 g/mol. The van der Waals surface area contributed by atoms with Crippen molar-refractivity contribution in [3.05, 3.63) is 0 Å². The lowest BCUT2D eigenvalue weighted by Gasteiger charge is -2.39. The molecule has 0 aliphatic rings. The van der Waals surface area contributed by atoms with E-state index in [0.29, 0.717) is 17.0 Å². The Bertz CT molecular complexity index is 370. The molecule has 0 radical (unpaired) electrons. The Labute approximate surface area is 153 Å². The molecule has 1 atom stereocenters. The molecular weight excluding hydrogens is 334 g/mol. The number of rotatable bonds is 10. The van der Waals surface area contributed by atoms with Crippen molar-refractivity contribution in [3.63, 3.8) is 0 Å². The van der Waals surface area contributed by atoms with Gasteiger partial charge in [0, 0.05) is 12.1 Å². The van der Waals surface area contributed by atoms with Gasteiger partial charge < -0.3 is 4.90 Å². The minimum absolute atomic E-state index is 0.0738. The Morgan fingerprint density at radius 3 is 1.75 bits per heavy atom. The van der Waals surface area contributed by atoms with E-state index >= 15 is 0 Å². The van der Waals surface area contributed by atoms with Crippen LogP contribution in [0, 0.1) is 0 Å². The summed E-state index contributed by atoms with van der Waals surface area (Å²) in [5.74, 6) is 0. The monoisotopic (exact) mass is 378 g/mol. The first-order valence-corrected chi connectivity index (χ1v) is 12.6. The molecule has 24 heavy (non-hydrogen) atoms. The van der Waals surface area contributed by atoms with Gasteiger partial charge in [0.2, 0.25) is 0 Å². The second-order valence-electron chi connectivity index (χ2n) is 8.90. The first-order chi connectivity index (χ1) is 10.8. The third-order valence-electron chi connectivity index (χ3n) is 4.21. The molecule has 0 aromatic carbocycles. The van der Waals surface area contributed by atoms with Gasteiger partial charge in [0.1, 0.15) is 0 Å². The highest BCUT2D eigenvalue weighted by molar-refractivity contribution is 7.74. The molecule has 6 heteroatoms. The largest absolute Gasteiger partial charge is 0.309 e. The smallest absolute Gasteiger partial charge is 0.162 e. The normalized spacial score (nSPS) is 15.0. The standard InChI is InChI=1S/C18H44N4P2/c1-15(2)24(16(3)4,17(5)6)21-23(20-18(7,8)9)19-13-12-14-22(10)11/h15-17,19-20H,12-14H2,1-11H3. The maximum atomic E-state index is 5.55. The lowest BCUT2D eigenvalue weighted by atomic mass is 10.1. The molecule has 0 rings (SSSR count). The van der Waals surface area contributed by atoms with E-state index in [4.69, 9.17) is 4.52 Å². The number of nitrogens with one attached hydrogen (secondary N) is 2. The predicted molar refractivity (Wildman–Crippen MR) is 116 cm³/mol. The fourth-order valence-electron chi connectivity index (χ4n) is 3.25. The van der Waals surface area contributed by atoms with Crippen molar-refractivity contribution < 1.29 is 0 Å². The molecule has 0 aromatic rings. The fourth-order valence-corrected chi connectivity index (χ4v) is 12.1. The Hall–Kier alpha value is 0.540. The zero-order valence-corrected chi connectivity index (χ0v) is 19.9. The van der Waals surface area contributed by atoms with Gasteiger partial charge >= 0.3 is 0 Å². The SMILES string of the molecule is CC(C)P(=NP(NCCCN(C)C)NC(C)(C)C)(C(C)C)C(C)C. The summed E-state index contributed by atoms with van der Waals surface area (Å²) in [5, 5.41) is 7.51. The molecule has 4 nitrogen and oxygen atoms in total. The van der Waals surface area contributed by atoms with Crippen molar-refractivity contribution in [2.24, 2.45) is 4.52 Å². The van der Waals surface area contributed by atoms with Gasteiger partial charge in [-0.05, 0) is 71.9 Å². The summed E-state index contributed by atoms with van der Waals surface area (Å²) in [4.78, 5) is 2.24. The minimum Gasteiger partial charge on any atom is -0.309 e. The van der Waals surface area contributed by atoms with E-state index < -0.39 is 15.4 Å². The molecule has 1 unspecified atom stereocenters. The van der Waals surface area contributed by atoms with Crippen molar-refractivity contribution in [2.45, 2.75) is 91.3 Å². The second kappa shape index (κ2) is 10.6. The van der Waals surface area contributed by atoms with Crippen LogP contribution >= 0.6 is 15.4 Å². The van der Waals surface area contributed by atoms with Crippen LogP contribution in [-0.4, -0.2) is 54.6 Å². The lowest BCUT2D eigenvalue weighted by molar-refractivity contribution is 0.400. The van der Waals surface area contributed by atoms with Crippen LogP contribution in [0.2, 0.25) is 0 Å². The summed E-state index contributed by atoms with van der Waals surface area (Å²) in [7, 11) is 2.15. The highest BCUT2D eigenvalue weighted by Crippen LogP contribution is 2.65. The van der Waals surface area contributed by atoms with Crippen LogP contribution in [0.5, 0.6) is 0 Å². The quantitative estimate of drug-likeness (QED) is 0.386. The molecule has 0 heterocycles. The summed E-state index contributed by atoms with van der Waals surface area (Å²) in [6.07, 6.45) is 1.16. The van der Waals surface area contributed by atoms with Gasteiger partial charge in [0.15, 0.2) is 8.37 Å².